The normalized spacial score (nSPS) is 26.4. The number of hydrazine groups is 1. The molecule has 158 valence electrons. The minimum Gasteiger partial charge on any atom is -0.497 e. The quantitative estimate of drug-likeness (QED) is 0.699. The van der Waals surface area contributed by atoms with Crippen LogP contribution in [0.3, 0.4) is 0 Å². The second-order valence-corrected chi connectivity index (χ2v) is 8.27. The Kier molecular flexibility index (Phi) is 5.54. The number of nitrogens with one attached hydrogen (secondary N) is 1. The summed E-state index contributed by atoms with van der Waals surface area (Å²) in [7, 11) is 1.64. The van der Waals surface area contributed by atoms with E-state index in [9.17, 15) is 15.0 Å². The first kappa shape index (κ1) is 20.4. The van der Waals surface area contributed by atoms with Crippen LogP contribution in [0.15, 0.2) is 54.6 Å². The molecule has 2 aromatic carbocycles. The number of carboxylic acids is 1. The lowest BCUT2D eigenvalue weighted by Gasteiger charge is -2.39. The largest absolute Gasteiger partial charge is 0.497 e. The van der Waals surface area contributed by atoms with Crippen molar-refractivity contribution in [2.75, 3.05) is 12.1 Å². The van der Waals surface area contributed by atoms with Crippen LogP contribution in [0.4, 0.5) is 5.69 Å². The molecule has 6 nitrogen and oxygen atoms in total. The summed E-state index contributed by atoms with van der Waals surface area (Å²) in [5.74, 6) is -0.363. The van der Waals surface area contributed by atoms with E-state index >= 15 is 0 Å². The summed E-state index contributed by atoms with van der Waals surface area (Å²) in [5, 5.41) is 22.7. The molecule has 1 saturated carbocycles. The Balaban J connectivity index is 1.64. The molecule has 2 aromatic rings. The molecule has 1 unspecified atom stereocenters. The highest BCUT2D eigenvalue weighted by Gasteiger charge is 2.44. The number of ether oxygens (including phenoxy) is 1. The average Bonchev–Trinajstić information content (AvgIpc) is 3.21. The number of nitrogens with zero attached hydrogens (tertiary/aromatic N) is 1. The highest BCUT2D eigenvalue weighted by atomic mass is 16.5. The average molecular weight is 408 g/mol. The van der Waals surface area contributed by atoms with Crippen LogP contribution in [0.25, 0.3) is 5.70 Å². The van der Waals surface area contributed by atoms with Crippen molar-refractivity contribution >= 4 is 17.4 Å². The summed E-state index contributed by atoms with van der Waals surface area (Å²) < 4.78 is 5.28. The van der Waals surface area contributed by atoms with Crippen molar-refractivity contribution in [2.45, 2.75) is 44.2 Å². The molecule has 30 heavy (non-hydrogen) atoms. The van der Waals surface area contributed by atoms with Crippen LogP contribution < -0.4 is 15.2 Å². The molecule has 6 heteroatoms. The third-order valence-electron chi connectivity index (χ3n) is 6.29. The number of benzene rings is 2. The number of hydrogen-bond donors (Lipinski definition) is 3. The van der Waals surface area contributed by atoms with Gasteiger partial charge in [-0.15, -0.1) is 0 Å². The summed E-state index contributed by atoms with van der Waals surface area (Å²) in [6.07, 6.45) is 3.95. The zero-order valence-electron chi connectivity index (χ0n) is 17.3. The molecule has 1 atom stereocenters. The van der Waals surface area contributed by atoms with E-state index in [1.165, 1.54) is 5.56 Å². The lowest BCUT2D eigenvalue weighted by atomic mass is 9.75. The summed E-state index contributed by atoms with van der Waals surface area (Å²) in [5.41, 5.74) is 6.62. The van der Waals surface area contributed by atoms with Crippen molar-refractivity contribution in [3.05, 3.63) is 65.7 Å². The van der Waals surface area contributed by atoms with Gasteiger partial charge in [-0.2, -0.15) is 0 Å². The van der Waals surface area contributed by atoms with Gasteiger partial charge in [0, 0.05) is 0 Å². The maximum absolute atomic E-state index is 11.4. The fourth-order valence-corrected chi connectivity index (χ4v) is 4.32. The van der Waals surface area contributed by atoms with Crippen LogP contribution in [0, 0.1) is 12.8 Å². The van der Waals surface area contributed by atoms with E-state index in [1.807, 2.05) is 29.3 Å². The zero-order chi connectivity index (χ0) is 21.3. The summed E-state index contributed by atoms with van der Waals surface area (Å²) in [6, 6.07) is 15.8. The Hall–Kier alpha value is -2.83. The molecule has 1 aliphatic heterocycles. The maximum Gasteiger partial charge on any atom is 0.306 e. The molecule has 2 aliphatic rings. The minimum absolute atomic E-state index is 0.300. The van der Waals surface area contributed by atoms with E-state index < -0.39 is 11.6 Å². The number of methoxy groups -OCH3 is 1. The standard InChI is InChI=1S/C24H28N2O4/c1-16-3-5-17(6-4-16)21-15-22(24(29)13-11-18(12-14-24)23(27)28)25-26(21)19-7-9-20(30-2)10-8-19/h3-10,15,18,22,25,29H,11-14H2,1-2H3,(H,27,28). The lowest BCUT2D eigenvalue weighted by molar-refractivity contribution is -0.145. The van der Waals surface area contributed by atoms with Crippen LogP contribution in [0.5, 0.6) is 5.75 Å². The first-order chi connectivity index (χ1) is 14.4. The fourth-order valence-electron chi connectivity index (χ4n) is 4.32. The number of anilines is 1. The topological polar surface area (TPSA) is 82.0 Å². The first-order valence-electron chi connectivity index (χ1n) is 10.3. The van der Waals surface area contributed by atoms with Gasteiger partial charge in [0.1, 0.15) is 5.75 Å². The van der Waals surface area contributed by atoms with Gasteiger partial charge in [-0.05, 0) is 68.5 Å². The Morgan fingerprint density at radius 1 is 1.10 bits per heavy atom. The van der Waals surface area contributed by atoms with Gasteiger partial charge < -0.3 is 14.9 Å². The Morgan fingerprint density at radius 2 is 1.73 bits per heavy atom. The monoisotopic (exact) mass is 408 g/mol. The molecule has 0 amide bonds. The van der Waals surface area contributed by atoms with Crippen LogP contribution >= 0.6 is 0 Å². The number of carboxylic acid groups (broad SMARTS) is 1. The van der Waals surface area contributed by atoms with E-state index in [4.69, 9.17) is 4.74 Å². The molecule has 0 spiro atoms. The van der Waals surface area contributed by atoms with Gasteiger partial charge in [-0.25, -0.2) is 5.43 Å². The van der Waals surface area contributed by atoms with Gasteiger partial charge in [0.2, 0.25) is 0 Å². The SMILES string of the molecule is COc1ccc(N2NC(C3(O)CCC(C(=O)O)CC3)C=C2c2ccc(C)cc2)cc1. The van der Waals surface area contributed by atoms with Crippen LogP contribution in [0.2, 0.25) is 0 Å². The van der Waals surface area contributed by atoms with Gasteiger partial charge in [0.15, 0.2) is 0 Å². The Labute approximate surface area is 176 Å². The van der Waals surface area contributed by atoms with Crippen molar-refractivity contribution in [1.82, 2.24) is 5.43 Å². The van der Waals surface area contributed by atoms with Crippen molar-refractivity contribution < 1.29 is 19.7 Å². The molecular weight excluding hydrogens is 380 g/mol. The number of hydrogen-bond acceptors (Lipinski definition) is 5. The van der Waals surface area contributed by atoms with E-state index in [0.29, 0.717) is 25.7 Å². The van der Waals surface area contributed by atoms with Crippen molar-refractivity contribution in [3.8, 4) is 5.75 Å². The van der Waals surface area contributed by atoms with E-state index in [2.05, 4.69) is 42.7 Å². The number of aliphatic carboxylic acids is 1. The van der Waals surface area contributed by atoms with Gasteiger partial charge >= 0.3 is 5.97 Å². The molecule has 1 heterocycles. The van der Waals surface area contributed by atoms with E-state index in [-0.39, 0.29) is 12.0 Å². The number of carbonyl (C=O) groups is 1. The maximum atomic E-state index is 11.4. The van der Waals surface area contributed by atoms with Crippen molar-refractivity contribution in [2.24, 2.45) is 5.92 Å². The van der Waals surface area contributed by atoms with E-state index in [0.717, 1.165) is 22.7 Å². The lowest BCUT2D eigenvalue weighted by Crippen LogP contribution is -2.53. The van der Waals surface area contributed by atoms with Crippen LogP contribution in [-0.2, 0) is 4.79 Å². The van der Waals surface area contributed by atoms with Gasteiger partial charge in [0.05, 0.1) is 36.1 Å². The van der Waals surface area contributed by atoms with Crippen molar-refractivity contribution in [1.29, 1.82) is 0 Å². The van der Waals surface area contributed by atoms with Gasteiger partial charge in [0.25, 0.3) is 0 Å². The molecule has 3 N–H and O–H groups in total. The molecule has 0 radical (unpaired) electrons. The Morgan fingerprint density at radius 3 is 2.30 bits per heavy atom. The number of aliphatic hydroxyl groups is 1. The summed E-state index contributed by atoms with van der Waals surface area (Å²) in [6.45, 7) is 2.05. The van der Waals surface area contributed by atoms with Gasteiger partial charge in [-0.1, -0.05) is 29.8 Å². The van der Waals surface area contributed by atoms with Crippen molar-refractivity contribution in [3.63, 3.8) is 0 Å². The summed E-state index contributed by atoms with van der Waals surface area (Å²) >= 11 is 0. The van der Waals surface area contributed by atoms with Crippen LogP contribution in [0.1, 0.15) is 36.8 Å². The number of aryl methyl sites for hydroxylation is 1. The third-order valence-corrected chi connectivity index (χ3v) is 6.29. The number of rotatable bonds is 5. The molecule has 4 rings (SSSR count). The molecule has 0 bridgehead atoms. The predicted molar refractivity (Wildman–Crippen MR) is 116 cm³/mol. The minimum atomic E-state index is -0.983. The van der Waals surface area contributed by atoms with Gasteiger partial charge in [-0.3, -0.25) is 9.80 Å². The highest BCUT2D eigenvalue weighted by molar-refractivity contribution is 5.81. The second kappa shape index (κ2) is 8.13. The van der Waals surface area contributed by atoms with Crippen LogP contribution in [-0.4, -0.2) is 34.9 Å². The molecule has 0 aromatic heterocycles. The summed E-state index contributed by atoms with van der Waals surface area (Å²) in [4.78, 5) is 11.3. The zero-order valence-corrected chi connectivity index (χ0v) is 17.3. The smallest absolute Gasteiger partial charge is 0.306 e. The first-order valence-corrected chi connectivity index (χ1v) is 10.3. The van der Waals surface area contributed by atoms with E-state index in [1.54, 1.807) is 7.11 Å². The Bertz CT molecular complexity index is 929. The second-order valence-electron chi connectivity index (χ2n) is 8.27. The molecule has 1 fully saturated rings. The molecular formula is C24H28N2O4. The fraction of sp³-hybridized carbons (Fsp3) is 0.375. The molecule has 0 saturated heterocycles. The predicted octanol–water partition coefficient (Wildman–Crippen LogP) is 3.74. The third kappa shape index (κ3) is 3.93. The highest BCUT2D eigenvalue weighted by Crippen LogP contribution is 2.40. The molecule has 1 aliphatic carbocycles.